The summed E-state index contributed by atoms with van der Waals surface area (Å²) in [6.07, 6.45) is 2.15. The van der Waals surface area contributed by atoms with E-state index in [0.717, 1.165) is 18.6 Å². The summed E-state index contributed by atoms with van der Waals surface area (Å²) in [5.74, 6) is -2.26. The molecule has 1 saturated carbocycles. The largest absolute Gasteiger partial charge is 0.392 e. The molecule has 9 heteroatoms. The number of amides is 1. The van der Waals surface area contributed by atoms with Gasteiger partial charge in [0.2, 0.25) is 5.91 Å². The Labute approximate surface area is 154 Å². The molecular formula is C18H16F2N2O4S. The number of carbonyl (C=O) groups is 1. The molecule has 0 bridgehead atoms. The van der Waals surface area contributed by atoms with E-state index in [0.29, 0.717) is 35.7 Å². The van der Waals surface area contributed by atoms with Gasteiger partial charge in [-0.05, 0) is 42.7 Å². The van der Waals surface area contributed by atoms with Crippen LogP contribution in [0, 0.1) is 11.6 Å². The number of nitrogens with one attached hydrogen (secondary N) is 2. The zero-order chi connectivity index (χ0) is 19.4. The Morgan fingerprint density at radius 2 is 1.93 bits per heavy atom. The fourth-order valence-electron chi connectivity index (χ4n) is 3.70. The van der Waals surface area contributed by atoms with Crippen LogP contribution in [-0.4, -0.2) is 19.4 Å². The van der Waals surface area contributed by atoms with Gasteiger partial charge in [-0.15, -0.1) is 0 Å². The zero-order valence-electron chi connectivity index (χ0n) is 14.1. The number of rotatable bonds is 4. The molecule has 0 saturated heterocycles. The molecule has 1 amide bonds. The van der Waals surface area contributed by atoms with E-state index in [1.165, 1.54) is 12.1 Å². The van der Waals surface area contributed by atoms with E-state index in [4.69, 9.17) is 0 Å². The highest BCUT2D eigenvalue weighted by Gasteiger charge is 2.51. The summed E-state index contributed by atoms with van der Waals surface area (Å²) in [5, 5.41) is 12.4. The second-order valence-corrected chi connectivity index (χ2v) is 8.44. The number of sulfonamides is 1. The summed E-state index contributed by atoms with van der Waals surface area (Å²) in [6, 6.07) is 5.10. The van der Waals surface area contributed by atoms with Crippen LogP contribution in [0.15, 0.2) is 35.2 Å². The van der Waals surface area contributed by atoms with Gasteiger partial charge in [-0.2, -0.15) is 0 Å². The number of hydrogen-bond acceptors (Lipinski definition) is 4. The van der Waals surface area contributed by atoms with Gasteiger partial charge in [-0.3, -0.25) is 9.52 Å². The van der Waals surface area contributed by atoms with E-state index in [1.54, 1.807) is 0 Å². The highest BCUT2D eigenvalue weighted by molar-refractivity contribution is 7.92. The van der Waals surface area contributed by atoms with Gasteiger partial charge in [0.25, 0.3) is 10.0 Å². The number of anilines is 2. The first-order chi connectivity index (χ1) is 12.8. The minimum atomic E-state index is -4.32. The molecule has 2 aromatic rings. The third-order valence-electron chi connectivity index (χ3n) is 5.22. The predicted molar refractivity (Wildman–Crippen MR) is 93.7 cm³/mol. The molecule has 1 fully saturated rings. The lowest BCUT2D eigenvalue weighted by molar-refractivity contribution is -0.123. The van der Waals surface area contributed by atoms with E-state index in [9.17, 15) is 27.1 Å². The number of hydrogen-bond donors (Lipinski definition) is 3. The maximum absolute atomic E-state index is 13.9. The van der Waals surface area contributed by atoms with Crippen molar-refractivity contribution in [2.45, 2.75) is 36.2 Å². The van der Waals surface area contributed by atoms with Crippen molar-refractivity contribution in [3.05, 3.63) is 53.1 Å². The van der Waals surface area contributed by atoms with Crippen molar-refractivity contribution in [2.75, 3.05) is 10.0 Å². The lowest BCUT2D eigenvalue weighted by atomic mass is 9.65. The lowest BCUT2D eigenvalue weighted by Gasteiger charge is -2.36. The molecule has 142 valence electrons. The standard InChI is InChI=1S/C18H16F2N2O4S/c19-11-2-3-15(14(20)7-11)27(25,26)22-12-6-10(9-23)16-13(8-12)18(4-1-5-18)17(24)21-16/h2-3,6-8,22-23H,1,4-5,9H2,(H,21,24). The molecule has 1 aliphatic heterocycles. The summed E-state index contributed by atoms with van der Waals surface area (Å²) in [6.45, 7) is -0.404. The van der Waals surface area contributed by atoms with Crippen molar-refractivity contribution in [2.24, 2.45) is 0 Å². The van der Waals surface area contributed by atoms with E-state index in [1.807, 2.05) is 0 Å². The van der Waals surface area contributed by atoms with E-state index >= 15 is 0 Å². The number of fused-ring (bicyclic) bond motifs is 2. The van der Waals surface area contributed by atoms with Crippen LogP contribution in [0.3, 0.4) is 0 Å². The third kappa shape index (κ3) is 2.69. The molecule has 0 atom stereocenters. The first kappa shape index (κ1) is 17.9. The average Bonchev–Trinajstić information content (AvgIpc) is 2.85. The summed E-state index contributed by atoms with van der Waals surface area (Å²) in [5.41, 5.74) is 0.883. The van der Waals surface area contributed by atoms with Gasteiger partial charge in [-0.1, -0.05) is 6.42 Å². The third-order valence-corrected chi connectivity index (χ3v) is 6.64. The minimum absolute atomic E-state index is 0.101. The van der Waals surface area contributed by atoms with Gasteiger partial charge < -0.3 is 10.4 Å². The van der Waals surface area contributed by atoms with Crippen molar-refractivity contribution in [3.8, 4) is 0 Å². The Morgan fingerprint density at radius 3 is 2.52 bits per heavy atom. The molecule has 2 aromatic carbocycles. The van der Waals surface area contributed by atoms with Gasteiger partial charge in [0.05, 0.1) is 17.7 Å². The summed E-state index contributed by atoms with van der Waals surface area (Å²) in [7, 11) is -4.32. The lowest BCUT2D eigenvalue weighted by Crippen LogP contribution is -2.40. The van der Waals surface area contributed by atoms with Crippen molar-refractivity contribution < 1.29 is 27.1 Å². The van der Waals surface area contributed by atoms with E-state index < -0.39 is 38.6 Å². The van der Waals surface area contributed by atoms with Crippen LogP contribution in [0.4, 0.5) is 20.2 Å². The van der Waals surface area contributed by atoms with Crippen LogP contribution in [0.5, 0.6) is 0 Å². The zero-order valence-corrected chi connectivity index (χ0v) is 14.9. The van der Waals surface area contributed by atoms with Gasteiger partial charge in [0.1, 0.15) is 16.5 Å². The summed E-state index contributed by atoms with van der Waals surface area (Å²) in [4.78, 5) is 11.7. The maximum Gasteiger partial charge on any atom is 0.264 e. The molecule has 3 N–H and O–H groups in total. The molecule has 4 rings (SSSR count). The molecule has 2 aliphatic rings. The van der Waals surface area contributed by atoms with Gasteiger partial charge in [-0.25, -0.2) is 17.2 Å². The van der Waals surface area contributed by atoms with Crippen molar-refractivity contribution in [1.29, 1.82) is 0 Å². The average molecular weight is 394 g/mol. The molecule has 1 aliphatic carbocycles. The number of aliphatic hydroxyl groups is 1. The number of aliphatic hydroxyl groups excluding tert-OH is 1. The highest BCUT2D eigenvalue weighted by Crippen LogP contribution is 2.52. The Kier molecular flexibility index (Phi) is 3.97. The SMILES string of the molecule is O=C1Nc2c(CO)cc(NS(=O)(=O)c3ccc(F)cc3F)cc2C12CCC2. The molecule has 0 radical (unpaired) electrons. The number of halogens is 2. The predicted octanol–water partition coefficient (Wildman–Crippen LogP) is 2.63. The number of carbonyl (C=O) groups excluding carboxylic acids is 1. The van der Waals surface area contributed by atoms with Crippen LogP contribution in [0.1, 0.15) is 30.4 Å². The van der Waals surface area contributed by atoms with Crippen LogP contribution >= 0.6 is 0 Å². The Balaban J connectivity index is 1.76. The van der Waals surface area contributed by atoms with Crippen LogP contribution in [-0.2, 0) is 26.8 Å². The molecule has 0 aromatic heterocycles. The smallest absolute Gasteiger partial charge is 0.264 e. The second kappa shape index (κ2) is 6.00. The molecule has 6 nitrogen and oxygen atoms in total. The van der Waals surface area contributed by atoms with Crippen molar-refractivity contribution >= 4 is 27.3 Å². The van der Waals surface area contributed by atoms with Crippen molar-refractivity contribution in [3.63, 3.8) is 0 Å². The summed E-state index contributed by atoms with van der Waals surface area (Å²) < 4.78 is 54.3. The normalized spacial score (nSPS) is 17.4. The molecule has 1 heterocycles. The molecule has 27 heavy (non-hydrogen) atoms. The van der Waals surface area contributed by atoms with Gasteiger partial charge >= 0.3 is 0 Å². The fraction of sp³-hybridized carbons (Fsp3) is 0.278. The first-order valence-electron chi connectivity index (χ1n) is 8.34. The number of benzene rings is 2. The Hall–Kier alpha value is -2.52. The van der Waals surface area contributed by atoms with Gasteiger partial charge in [0, 0.05) is 17.3 Å². The van der Waals surface area contributed by atoms with Crippen LogP contribution in [0.25, 0.3) is 0 Å². The monoisotopic (exact) mass is 394 g/mol. The highest BCUT2D eigenvalue weighted by atomic mass is 32.2. The maximum atomic E-state index is 13.9. The van der Waals surface area contributed by atoms with Crippen molar-refractivity contribution in [1.82, 2.24) is 0 Å². The van der Waals surface area contributed by atoms with E-state index in [-0.39, 0.29) is 11.6 Å². The Bertz CT molecular complexity index is 1070. The Morgan fingerprint density at radius 1 is 1.19 bits per heavy atom. The molecule has 1 spiro atoms. The molecular weight excluding hydrogens is 378 g/mol. The summed E-state index contributed by atoms with van der Waals surface area (Å²) >= 11 is 0. The topological polar surface area (TPSA) is 95.5 Å². The quantitative estimate of drug-likeness (QED) is 0.743. The van der Waals surface area contributed by atoms with Crippen LogP contribution < -0.4 is 10.0 Å². The first-order valence-corrected chi connectivity index (χ1v) is 9.83. The second-order valence-electron chi connectivity index (χ2n) is 6.79. The van der Waals surface area contributed by atoms with Gasteiger partial charge in [0.15, 0.2) is 0 Å². The molecule has 0 unspecified atom stereocenters. The minimum Gasteiger partial charge on any atom is -0.392 e. The van der Waals surface area contributed by atoms with Crippen LogP contribution in [0.2, 0.25) is 0 Å². The van der Waals surface area contributed by atoms with E-state index in [2.05, 4.69) is 10.0 Å². The fourth-order valence-corrected chi connectivity index (χ4v) is 4.80.